The zero-order valence-corrected chi connectivity index (χ0v) is 44.4. The fraction of sp³-hybridized carbons (Fsp3) is 0.323. The Morgan fingerprint density at radius 2 is 1.00 bits per heavy atom. The molecule has 2 nitrogen and oxygen atoms in total. The van der Waals surface area contributed by atoms with Crippen LogP contribution in [0.3, 0.4) is 0 Å². The Morgan fingerprint density at radius 1 is 0.493 bits per heavy atom. The highest BCUT2D eigenvalue weighted by molar-refractivity contribution is 7.33. The molecule has 348 valence electrons. The Hall–Kier alpha value is -5.84. The molecule has 0 amide bonds. The van der Waals surface area contributed by atoms with Crippen LogP contribution < -0.4 is 25.5 Å². The average molecular weight is 921 g/mol. The molecule has 3 heterocycles. The molecule has 69 heavy (non-hydrogen) atoms. The zero-order chi connectivity index (χ0) is 48.7. The Morgan fingerprint density at radius 3 is 1.54 bits per heavy atom. The van der Waals surface area contributed by atoms with E-state index in [1.165, 1.54) is 128 Å². The number of rotatable bonds is 4. The fourth-order valence-electron chi connectivity index (χ4n) is 11.8. The molecule has 0 radical (unpaired) electrons. The number of aryl methyl sites for hydroxylation is 1. The van der Waals surface area contributed by atoms with Crippen LogP contribution in [-0.2, 0) is 27.1 Å². The van der Waals surface area contributed by atoms with Crippen molar-refractivity contribution in [1.82, 2.24) is 0 Å². The Kier molecular flexibility index (Phi) is 10.3. The van der Waals surface area contributed by atoms with Crippen molar-refractivity contribution in [2.45, 2.75) is 137 Å². The lowest BCUT2D eigenvalue weighted by Crippen LogP contribution is -2.60. The van der Waals surface area contributed by atoms with Gasteiger partial charge in [-0.25, -0.2) is 0 Å². The fourth-order valence-corrected chi connectivity index (χ4v) is 13.1. The van der Waals surface area contributed by atoms with Crippen molar-refractivity contribution < 1.29 is 0 Å². The van der Waals surface area contributed by atoms with E-state index in [-0.39, 0.29) is 33.8 Å². The van der Waals surface area contributed by atoms with Crippen LogP contribution in [-0.4, -0.2) is 6.71 Å². The highest BCUT2D eigenvalue weighted by Gasteiger charge is 2.47. The molecule has 0 bridgehead atoms. The summed E-state index contributed by atoms with van der Waals surface area (Å²) < 4.78 is 2.82. The van der Waals surface area contributed by atoms with E-state index in [9.17, 15) is 0 Å². The lowest BCUT2D eigenvalue weighted by molar-refractivity contribution is 0.332. The number of thiophene rings is 1. The second kappa shape index (κ2) is 15.6. The standard InChI is InChI=1S/C65H69BN2S/c1-40-33-54-57-55(34-40)68(58-47(41-21-17-15-18-22-41)35-45(63(8,9)10)36-48(58)42-23-19-16-20-24-42)53-30-27-44(62(5,6)7)37-52(53)66(57)60-59(67(54)46-28-25-43(26-29-46)61(2,3)4)49-38-50-51(39-56(49)69-60)65(13,14)32-31-64(50,11)12/h15-30,33-39H,31-32H2,1-14H3. The van der Waals surface area contributed by atoms with Gasteiger partial charge in [0.25, 0.3) is 6.71 Å². The third kappa shape index (κ3) is 7.42. The molecule has 0 fully saturated rings. The van der Waals surface area contributed by atoms with E-state index < -0.39 is 0 Å². The van der Waals surface area contributed by atoms with Crippen LogP contribution in [0, 0.1) is 6.92 Å². The lowest BCUT2D eigenvalue weighted by atomic mass is 9.36. The predicted octanol–water partition coefficient (Wildman–Crippen LogP) is 16.9. The van der Waals surface area contributed by atoms with Gasteiger partial charge in [0.2, 0.25) is 0 Å². The Balaban J connectivity index is 1.30. The van der Waals surface area contributed by atoms with Gasteiger partial charge in [0.15, 0.2) is 0 Å². The predicted molar refractivity (Wildman–Crippen MR) is 303 cm³/mol. The van der Waals surface area contributed by atoms with Crippen LogP contribution >= 0.6 is 11.3 Å². The van der Waals surface area contributed by atoms with Crippen LogP contribution in [0.4, 0.5) is 34.1 Å². The number of hydrogen-bond acceptors (Lipinski definition) is 3. The first-order valence-electron chi connectivity index (χ1n) is 25.4. The van der Waals surface area contributed by atoms with Gasteiger partial charge in [-0.05, 0) is 157 Å². The molecule has 1 aromatic heterocycles. The Bertz CT molecular complexity index is 3270. The van der Waals surface area contributed by atoms with Gasteiger partial charge in [-0.1, -0.05) is 175 Å². The molecule has 0 N–H and O–H groups in total. The molecule has 0 spiro atoms. The van der Waals surface area contributed by atoms with Crippen molar-refractivity contribution in [1.29, 1.82) is 0 Å². The first-order valence-corrected chi connectivity index (χ1v) is 26.2. The van der Waals surface area contributed by atoms with Gasteiger partial charge in [0, 0.05) is 48.7 Å². The van der Waals surface area contributed by atoms with E-state index in [2.05, 4.69) is 246 Å². The minimum absolute atomic E-state index is 0.0221. The molecule has 0 atom stereocenters. The number of benzene rings is 7. The second-order valence-electron chi connectivity index (χ2n) is 25.0. The molecule has 0 unspecified atom stereocenters. The third-order valence-electron chi connectivity index (χ3n) is 16.0. The zero-order valence-electron chi connectivity index (χ0n) is 43.6. The summed E-state index contributed by atoms with van der Waals surface area (Å²) in [5.41, 5.74) is 23.6. The smallest absolute Gasteiger partial charge is 0.264 e. The second-order valence-corrected chi connectivity index (χ2v) is 26.1. The highest BCUT2D eigenvalue weighted by Crippen LogP contribution is 2.55. The molecule has 3 aliphatic rings. The van der Waals surface area contributed by atoms with E-state index in [1.54, 1.807) is 0 Å². The number of fused-ring (bicyclic) bond motifs is 7. The average Bonchev–Trinajstić information content (AvgIpc) is 3.67. The Labute approximate surface area is 417 Å². The SMILES string of the molecule is Cc1cc2c3c(c1)N(c1ccc(C(C)(C)C)cc1)c1c(sc4cc5c(cc14)C(C)(C)CCC5(C)C)B3c1cc(C(C)(C)C)ccc1N2c1c(-c2ccccc2)cc(C(C)(C)C)cc1-c1ccccc1. The van der Waals surface area contributed by atoms with Gasteiger partial charge >= 0.3 is 0 Å². The summed E-state index contributed by atoms with van der Waals surface area (Å²) in [5.74, 6) is 0. The van der Waals surface area contributed by atoms with E-state index >= 15 is 0 Å². The maximum atomic E-state index is 2.68. The maximum absolute atomic E-state index is 2.68. The summed E-state index contributed by atoms with van der Waals surface area (Å²) >= 11 is 2.04. The lowest BCUT2D eigenvalue weighted by Gasteiger charge is -2.45. The van der Waals surface area contributed by atoms with E-state index in [0.717, 1.165) is 0 Å². The first-order chi connectivity index (χ1) is 32.5. The molecule has 4 heteroatoms. The van der Waals surface area contributed by atoms with E-state index in [1.807, 2.05) is 11.3 Å². The van der Waals surface area contributed by atoms with Crippen LogP contribution in [0.15, 0.2) is 140 Å². The summed E-state index contributed by atoms with van der Waals surface area (Å²) in [5, 5.41) is 1.37. The molecule has 1 aliphatic carbocycles. The van der Waals surface area contributed by atoms with Gasteiger partial charge in [-0.2, -0.15) is 0 Å². The van der Waals surface area contributed by atoms with Crippen LogP contribution in [0.1, 0.15) is 136 Å². The van der Waals surface area contributed by atoms with Crippen molar-refractivity contribution in [3.05, 3.63) is 173 Å². The minimum Gasteiger partial charge on any atom is -0.310 e. The van der Waals surface area contributed by atoms with Gasteiger partial charge in [0.1, 0.15) is 0 Å². The molecule has 0 saturated carbocycles. The van der Waals surface area contributed by atoms with Gasteiger partial charge in [-0.3, -0.25) is 0 Å². The van der Waals surface area contributed by atoms with Gasteiger partial charge in [0.05, 0.1) is 11.4 Å². The summed E-state index contributed by atoms with van der Waals surface area (Å²) in [6.45, 7) is 33.3. The summed E-state index contributed by atoms with van der Waals surface area (Å²) in [6.07, 6.45) is 2.38. The van der Waals surface area contributed by atoms with Gasteiger partial charge < -0.3 is 9.80 Å². The normalized spacial score (nSPS) is 16.0. The molecular weight excluding hydrogens is 852 g/mol. The van der Waals surface area contributed by atoms with Crippen molar-refractivity contribution in [3.8, 4) is 22.3 Å². The largest absolute Gasteiger partial charge is 0.310 e. The van der Waals surface area contributed by atoms with Gasteiger partial charge in [-0.15, -0.1) is 11.3 Å². The monoisotopic (exact) mass is 921 g/mol. The molecule has 11 rings (SSSR count). The minimum atomic E-state index is -0.0785. The topological polar surface area (TPSA) is 6.48 Å². The summed E-state index contributed by atoms with van der Waals surface area (Å²) in [6, 6.07) is 54.5. The summed E-state index contributed by atoms with van der Waals surface area (Å²) in [7, 11) is 0. The van der Waals surface area contributed by atoms with Crippen LogP contribution in [0.2, 0.25) is 0 Å². The summed E-state index contributed by atoms with van der Waals surface area (Å²) in [4.78, 5) is 5.36. The molecule has 2 aliphatic heterocycles. The van der Waals surface area contributed by atoms with E-state index in [4.69, 9.17) is 0 Å². The molecule has 7 aromatic carbocycles. The molecule has 0 saturated heterocycles. The maximum Gasteiger partial charge on any atom is 0.264 e. The first kappa shape index (κ1) is 45.6. The third-order valence-corrected chi connectivity index (χ3v) is 17.2. The molecule has 8 aromatic rings. The van der Waals surface area contributed by atoms with Crippen molar-refractivity contribution in [3.63, 3.8) is 0 Å². The van der Waals surface area contributed by atoms with Crippen LogP contribution in [0.25, 0.3) is 32.3 Å². The number of hydrogen-bond donors (Lipinski definition) is 0. The van der Waals surface area contributed by atoms with Crippen molar-refractivity contribution in [2.24, 2.45) is 0 Å². The molecular formula is C65H69BN2S. The number of nitrogens with zero attached hydrogens (tertiary/aromatic N) is 2. The quantitative estimate of drug-likeness (QED) is 0.162. The van der Waals surface area contributed by atoms with E-state index in [0.29, 0.717) is 0 Å². The van der Waals surface area contributed by atoms with Crippen LogP contribution in [0.5, 0.6) is 0 Å². The van der Waals surface area contributed by atoms with Crippen molar-refractivity contribution in [2.75, 3.05) is 9.80 Å². The van der Waals surface area contributed by atoms with Crippen molar-refractivity contribution >= 4 is 78.0 Å². The highest BCUT2D eigenvalue weighted by atomic mass is 32.1. The number of anilines is 6.